The SMILES string of the molecule is NCCS(=O)(=O)c1ccc(Nc2ncc(Br)c(Nc3cccc(F)c3C(N)=O)n2)cc1. The topological polar surface area (TPSA) is 153 Å². The molecule has 0 unspecified atom stereocenters. The first kappa shape index (κ1) is 22.6. The van der Waals surface area contributed by atoms with Crippen LogP contribution in [0.2, 0.25) is 0 Å². The van der Waals surface area contributed by atoms with Crippen molar-refractivity contribution in [1.82, 2.24) is 9.97 Å². The maximum Gasteiger partial charge on any atom is 0.253 e. The van der Waals surface area contributed by atoms with Crippen molar-refractivity contribution in [3.63, 3.8) is 0 Å². The Morgan fingerprint density at radius 3 is 2.48 bits per heavy atom. The molecule has 0 bridgehead atoms. The summed E-state index contributed by atoms with van der Waals surface area (Å²) in [5.41, 5.74) is 11.0. The van der Waals surface area contributed by atoms with Gasteiger partial charge in [0.05, 0.1) is 26.4 Å². The molecular weight excluding hydrogens is 491 g/mol. The molecule has 2 aromatic carbocycles. The van der Waals surface area contributed by atoms with Gasteiger partial charge in [-0.2, -0.15) is 4.98 Å². The van der Waals surface area contributed by atoms with E-state index in [1.54, 1.807) is 12.1 Å². The number of hydrogen-bond donors (Lipinski definition) is 4. The quantitative estimate of drug-likeness (QED) is 0.362. The van der Waals surface area contributed by atoms with Gasteiger partial charge in [0.1, 0.15) is 11.6 Å². The standard InChI is InChI=1S/C19H18BrFN6O3S/c20-13-10-24-19(25-11-4-6-12(7-5-11)31(29,30)9-8-22)27-18(13)26-15-3-1-2-14(21)16(15)17(23)28/h1-7,10H,8-9,22H2,(H2,23,28)(H2,24,25,26,27). The molecule has 0 saturated heterocycles. The number of sulfone groups is 1. The van der Waals surface area contributed by atoms with Crippen molar-refractivity contribution in [2.45, 2.75) is 4.90 Å². The van der Waals surface area contributed by atoms with Crippen LogP contribution in [0, 0.1) is 5.82 Å². The molecule has 0 fully saturated rings. The van der Waals surface area contributed by atoms with E-state index in [0.29, 0.717) is 10.2 Å². The molecule has 0 saturated carbocycles. The molecule has 0 atom stereocenters. The van der Waals surface area contributed by atoms with Crippen LogP contribution >= 0.6 is 15.9 Å². The highest BCUT2D eigenvalue weighted by molar-refractivity contribution is 9.10. The highest BCUT2D eigenvalue weighted by Crippen LogP contribution is 2.28. The van der Waals surface area contributed by atoms with Gasteiger partial charge >= 0.3 is 0 Å². The van der Waals surface area contributed by atoms with E-state index in [-0.39, 0.29) is 40.2 Å². The second-order valence-electron chi connectivity index (χ2n) is 6.30. The van der Waals surface area contributed by atoms with Gasteiger partial charge in [0.25, 0.3) is 5.91 Å². The van der Waals surface area contributed by atoms with Crippen molar-refractivity contribution in [3.8, 4) is 0 Å². The third-order valence-electron chi connectivity index (χ3n) is 4.11. The Hall–Kier alpha value is -3.09. The highest BCUT2D eigenvalue weighted by atomic mass is 79.9. The van der Waals surface area contributed by atoms with Crippen LogP contribution in [0.3, 0.4) is 0 Å². The molecule has 9 nitrogen and oxygen atoms in total. The summed E-state index contributed by atoms with van der Waals surface area (Å²) in [4.78, 5) is 20.2. The number of nitrogens with two attached hydrogens (primary N) is 2. The third-order valence-corrected chi connectivity index (χ3v) is 6.46. The minimum atomic E-state index is -3.43. The molecule has 162 valence electrons. The Morgan fingerprint density at radius 2 is 1.84 bits per heavy atom. The molecular formula is C19H18BrFN6O3S. The maximum absolute atomic E-state index is 14.0. The lowest BCUT2D eigenvalue weighted by Gasteiger charge is -2.13. The zero-order chi connectivity index (χ0) is 22.6. The number of hydrogen-bond acceptors (Lipinski definition) is 8. The fourth-order valence-electron chi connectivity index (χ4n) is 2.67. The van der Waals surface area contributed by atoms with Gasteiger partial charge in [-0.25, -0.2) is 17.8 Å². The van der Waals surface area contributed by atoms with Gasteiger partial charge in [0.15, 0.2) is 9.84 Å². The minimum absolute atomic E-state index is 0.0353. The second-order valence-corrected chi connectivity index (χ2v) is 9.26. The molecule has 6 N–H and O–H groups in total. The molecule has 3 aromatic rings. The first-order chi connectivity index (χ1) is 14.7. The fourth-order valence-corrected chi connectivity index (χ4v) is 4.06. The van der Waals surface area contributed by atoms with Crippen molar-refractivity contribution < 1.29 is 17.6 Å². The number of halogens is 2. The van der Waals surface area contributed by atoms with Gasteiger partial charge in [0.2, 0.25) is 5.95 Å². The Morgan fingerprint density at radius 1 is 1.13 bits per heavy atom. The van der Waals surface area contributed by atoms with E-state index in [2.05, 4.69) is 36.5 Å². The minimum Gasteiger partial charge on any atom is -0.365 e. The van der Waals surface area contributed by atoms with Crippen LogP contribution in [0.15, 0.2) is 58.0 Å². The summed E-state index contributed by atoms with van der Waals surface area (Å²) in [6, 6.07) is 10.1. The summed E-state index contributed by atoms with van der Waals surface area (Å²) in [7, 11) is -3.43. The summed E-state index contributed by atoms with van der Waals surface area (Å²) in [5, 5.41) is 5.81. The van der Waals surface area contributed by atoms with Gasteiger partial charge in [-0.05, 0) is 52.3 Å². The number of nitrogens with one attached hydrogen (secondary N) is 2. The van der Waals surface area contributed by atoms with Gasteiger partial charge in [-0.1, -0.05) is 6.07 Å². The van der Waals surface area contributed by atoms with E-state index in [1.807, 2.05) is 0 Å². The second kappa shape index (κ2) is 9.37. The highest BCUT2D eigenvalue weighted by Gasteiger charge is 2.16. The molecule has 1 aromatic heterocycles. The van der Waals surface area contributed by atoms with E-state index < -0.39 is 21.6 Å². The smallest absolute Gasteiger partial charge is 0.253 e. The molecule has 0 aliphatic carbocycles. The number of benzene rings is 2. The van der Waals surface area contributed by atoms with E-state index >= 15 is 0 Å². The first-order valence-corrected chi connectivity index (χ1v) is 11.3. The predicted octanol–water partition coefficient (Wildman–Crippen LogP) is 2.70. The molecule has 12 heteroatoms. The average Bonchev–Trinajstić information content (AvgIpc) is 2.70. The van der Waals surface area contributed by atoms with Crippen LogP contribution < -0.4 is 22.1 Å². The third kappa shape index (κ3) is 5.34. The number of amides is 1. The van der Waals surface area contributed by atoms with E-state index in [1.165, 1.54) is 30.5 Å². The van der Waals surface area contributed by atoms with Gasteiger partial charge in [-0.3, -0.25) is 4.79 Å². The number of anilines is 4. The number of nitrogens with zero attached hydrogens (tertiary/aromatic N) is 2. The van der Waals surface area contributed by atoms with Gasteiger partial charge < -0.3 is 22.1 Å². The summed E-state index contributed by atoms with van der Waals surface area (Å²) in [6.07, 6.45) is 1.46. The number of carbonyl (C=O) groups is 1. The number of rotatable bonds is 8. The lowest BCUT2D eigenvalue weighted by molar-refractivity contribution is 0.0997. The number of aromatic nitrogens is 2. The molecule has 0 radical (unpaired) electrons. The number of primary amides is 1. The van der Waals surface area contributed by atoms with Crippen LogP contribution in [-0.4, -0.2) is 36.6 Å². The van der Waals surface area contributed by atoms with Gasteiger partial charge in [-0.15, -0.1) is 0 Å². The largest absolute Gasteiger partial charge is 0.365 e. The zero-order valence-electron chi connectivity index (χ0n) is 16.0. The van der Waals surface area contributed by atoms with E-state index in [9.17, 15) is 17.6 Å². The summed E-state index contributed by atoms with van der Waals surface area (Å²) in [5.74, 6) is -1.38. The van der Waals surface area contributed by atoms with Crippen LogP contribution in [0.5, 0.6) is 0 Å². The lowest BCUT2D eigenvalue weighted by Crippen LogP contribution is -2.16. The monoisotopic (exact) mass is 508 g/mol. The first-order valence-electron chi connectivity index (χ1n) is 8.89. The molecule has 1 amide bonds. The predicted molar refractivity (Wildman–Crippen MR) is 119 cm³/mol. The molecule has 31 heavy (non-hydrogen) atoms. The average molecular weight is 509 g/mol. The summed E-state index contributed by atoms with van der Waals surface area (Å²) < 4.78 is 38.6. The zero-order valence-corrected chi connectivity index (χ0v) is 18.4. The Labute approximate surface area is 186 Å². The van der Waals surface area contributed by atoms with Crippen molar-refractivity contribution in [3.05, 3.63) is 64.5 Å². The fraction of sp³-hybridized carbons (Fsp3) is 0.105. The maximum atomic E-state index is 14.0. The summed E-state index contributed by atoms with van der Waals surface area (Å²) >= 11 is 3.30. The number of carbonyl (C=O) groups excluding carboxylic acids is 1. The van der Waals surface area contributed by atoms with Crippen molar-refractivity contribution in [2.24, 2.45) is 11.5 Å². The summed E-state index contributed by atoms with van der Waals surface area (Å²) in [6.45, 7) is 0.0353. The van der Waals surface area contributed by atoms with Crippen molar-refractivity contribution in [2.75, 3.05) is 22.9 Å². The van der Waals surface area contributed by atoms with Crippen molar-refractivity contribution in [1.29, 1.82) is 0 Å². The Bertz CT molecular complexity index is 1220. The van der Waals surface area contributed by atoms with Gasteiger partial charge in [0, 0.05) is 18.4 Å². The lowest BCUT2D eigenvalue weighted by atomic mass is 10.1. The Kier molecular flexibility index (Phi) is 6.83. The molecule has 0 aliphatic rings. The normalized spacial score (nSPS) is 11.2. The van der Waals surface area contributed by atoms with E-state index in [0.717, 1.165) is 6.07 Å². The molecule has 1 heterocycles. The van der Waals surface area contributed by atoms with Crippen molar-refractivity contribution >= 4 is 54.8 Å². The van der Waals surface area contributed by atoms with Crippen LogP contribution in [0.25, 0.3) is 0 Å². The van der Waals surface area contributed by atoms with Crippen LogP contribution in [0.4, 0.5) is 27.5 Å². The van der Waals surface area contributed by atoms with Crippen LogP contribution in [-0.2, 0) is 9.84 Å². The van der Waals surface area contributed by atoms with E-state index in [4.69, 9.17) is 11.5 Å². The Balaban J connectivity index is 1.84. The molecule has 0 spiro atoms. The molecule has 0 aliphatic heterocycles. The molecule has 3 rings (SSSR count). The van der Waals surface area contributed by atoms with Crippen LogP contribution in [0.1, 0.15) is 10.4 Å².